The van der Waals surface area contributed by atoms with Crippen LogP contribution >= 0.6 is 11.3 Å². The molecule has 15 heavy (non-hydrogen) atoms. The highest BCUT2D eigenvalue weighted by molar-refractivity contribution is 7.15. The SMILES string of the molecule is CC(C)CNc1nc2c(s1)CCC2(C)C. The van der Waals surface area contributed by atoms with Crippen LogP contribution < -0.4 is 5.32 Å². The second-order valence-electron chi connectivity index (χ2n) is 5.45. The monoisotopic (exact) mass is 224 g/mol. The van der Waals surface area contributed by atoms with Gasteiger partial charge >= 0.3 is 0 Å². The highest BCUT2D eigenvalue weighted by Gasteiger charge is 2.33. The van der Waals surface area contributed by atoms with Crippen molar-refractivity contribution in [2.75, 3.05) is 11.9 Å². The van der Waals surface area contributed by atoms with E-state index in [-0.39, 0.29) is 0 Å². The van der Waals surface area contributed by atoms with Crippen molar-refractivity contribution in [3.8, 4) is 0 Å². The van der Waals surface area contributed by atoms with Crippen LogP contribution in [0.15, 0.2) is 0 Å². The molecular formula is C12H20N2S. The van der Waals surface area contributed by atoms with E-state index in [1.165, 1.54) is 23.4 Å². The maximum Gasteiger partial charge on any atom is 0.183 e. The van der Waals surface area contributed by atoms with E-state index in [0.717, 1.165) is 11.7 Å². The highest BCUT2D eigenvalue weighted by Crippen LogP contribution is 2.41. The summed E-state index contributed by atoms with van der Waals surface area (Å²) in [7, 11) is 0. The number of fused-ring (bicyclic) bond motifs is 1. The molecular weight excluding hydrogens is 204 g/mol. The second-order valence-corrected chi connectivity index (χ2v) is 6.53. The van der Waals surface area contributed by atoms with Crippen LogP contribution in [0.4, 0.5) is 5.13 Å². The fraction of sp³-hybridized carbons (Fsp3) is 0.750. The minimum Gasteiger partial charge on any atom is -0.361 e. The summed E-state index contributed by atoms with van der Waals surface area (Å²) in [5.41, 5.74) is 1.63. The predicted molar refractivity (Wildman–Crippen MR) is 66.8 cm³/mol. The van der Waals surface area contributed by atoms with Gasteiger partial charge in [0.15, 0.2) is 5.13 Å². The summed E-state index contributed by atoms with van der Waals surface area (Å²) >= 11 is 1.84. The van der Waals surface area contributed by atoms with Gasteiger partial charge in [-0.25, -0.2) is 4.98 Å². The van der Waals surface area contributed by atoms with Crippen molar-refractivity contribution in [3.05, 3.63) is 10.6 Å². The maximum atomic E-state index is 4.72. The van der Waals surface area contributed by atoms with Gasteiger partial charge in [0.05, 0.1) is 5.69 Å². The summed E-state index contributed by atoms with van der Waals surface area (Å²) in [6.45, 7) is 10.1. The van der Waals surface area contributed by atoms with Crippen molar-refractivity contribution < 1.29 is 0 Å². The smallest absolute Gasteiger partial charge is 0.183 e. The van der Waals surface area contributed by atoms with Gasteiger partial charge in [-0.3, -0.25) is 0 Å². The van der Waals surface area contributed by atoms with Crippen LogP contribution in [-0.2, 0) is 11.8 Å². The molecule has 0 spiro atoms. The number of thiazole rings is 1. The molecule has 84 valence electrons. The largest absolute Gasteiger partial charge is 0.361 e. The maximum absolute atomic E-state index is 4.72. The van der Waals surface area contributed by atoms with Gasteiger partial charge in [0.25, 0.3) is 0 Å². The lowest BCUT2D eigenvalue weighted by atomic mass is 9.91. The van der Waals surface area contributed by atoms with E-state index < -0.39 is 0 Å². The third-order valence-corrected chi connectivity index (χ3v) is 4.05. The number of aryl methyl sites for hydroxylation is 1. The van der Waals surface area contributed by atoms with Gasteiger partial charge in [0, 0.05) is 16.8 Å². The lowest BCUT2D eigenvalue weighted by Gasteiger charge is -2.15. The molecule has 0 saturated carbocycles. The van der Waals surface area contributed by atoms with Crippen LogP contribution in [0.3, 0.4) is 0 Å². The lowest BCUT2D eigenvalue weighted by molar-refractivity contribution is 0.510. The summed E-state index contributed by atoms with van der Waals surface area (Å²) in [6, 6.07) is 0. The molecule has 1 aliphatic carbocycles. The number of nitrogens with zero attached hydrogens (tertiary/aromatic N) is 1. The Kier molecular flexibility index (Phi) is 2.75. The van der Waals surface area contributed by atoms with Crippen molar-refractivity contribution in [2.24, 2.45) is 5.92 Å². The Labute approximate surface area is 96.1 Å². The zero-order valence-electron chi connectivity index (χ0n) is 10.1. The lowest BCUT2D eigenvalue weighted by Crippen LogP contribution is -2.14. The van der Waals surface area contributed by atoms with Gasteiger partial charge < -0.3 is 5.32 Å². The first kappa shape index (κ1) is 10.9. The number of aromatic nitrogens is 1. The van der Waals surface area contributed by atoms with Crippen molar-refractivity contribution in [2.45, 2.75) is 46.0 Å². The molecule has 0 fully saturated rings. The van der Waals surface area contributed by atoms with Gasteiger partial charge in [-0.2, -0.15) is 0 Å². The Morgan fingerprint density at radius 3 is 2.80 bits per heavy atom. The van der Waals surface area contributed by atoms with Crippen LogP contribution in [0, 0.1) is 5.92 Å². The van der Waals surface area contributed by atoms with E-state index in [9.17, 15) is 0 Å². The van der Waals surface area contributed by atoms with E-state index in [1.807, 2.05) is 11.3 Å². The van der Waals surface area contributed by atoms with Crippen molar-refractivity contribution in [1.29, 1.82) is 0 Å². The van der Waals surface area contributed by atoms with E-state index in [0.29, 0.717) is 11.3 Å². The zero-order chi connectivity index (χ0) is 11.1. The minimum atomic E-state index is 0.295. The Bertz CT molecular complexity index is 353. The van der Waals surface area contributed by atoms with Gasteiger partial charge in [-0.05, 0) is 18.8 Å². The van der Waals surface area contributed by atoms with Gasteiger partial charge in [-0.1, -0.05) is 27.7 Å². The average molecular weight is 224 g/mol. The molecule has 0 radical (unpaired) electrons. The van der Waals surface area contributed by atoms with Gasteiger partial charge in [-0.15, -0.1) is 11.3 Å². The molecule has 3 heteroatoms. The van der Waals surface area contributed by atoms with E-state index in [2.05, 4.69) is 33.0 Å². The number of rotatable bonds is 3. The summed E-state index contributed by atoms with van der Waals surface area (Å²) in [6.07, 6.45) is 2.47. The Hall–Kier alpha value is -0.570. The molecule has 0 saturated heterocycles. The number of hydrogen-bond donors (Lipinski definition) is 1. The minimum absolute atomic E-state index is 0.295. The van der Waals surface area contributed by atoms with Crippen LogP contribution in [0.5, 0.6) is 0 Å². The van der Waals surface area contributed by atoms with Gasteiger partial charge in [0.2, 0.25) is 0 Å². The van der Waals surface area contributed by atoms with Crippen LogP contribution in [0.2, 0.25) is 0 Å². The van der Waals surface area contributed by atoms with Crippen molar-refractivity contribution >= 4 is 16.5 Å². The molecule has 0 atom stereocenters. The highest BCUT2D eigenvalue weighted by atomic mass is 32.1. The molecule has 0 unspecified atom stereocenters. The number of hydrogen-bond acceptors (Lipinski definition) is 3. The van der Waals surface area contributed by atoms with Crippen LogP contribution in [0.1, 0.15) is 44.7 Å². The van der Waals surface area contributed by atoms with Crippen LogP contribution in [-0.4, -0.2) is 11.5 Å². The molecule has 0 aliphatic heterocycles. The van der Waals surface area contributed by atoms with E-state index in [1.54, 1.807) is 0 Å². The standard InChI is InChI=1S/C12H20N2S/c1-8(2)7-13-11-14-10-9(15-11)5-6-12(10,3)4/h8H,5-7H2,1-4H3,(H,13,14). The summed E-state index contributed by atoms with van der Waals surface area (Å²) in [5, 5.41) is 4.53. The van der Waals surface area contributed by atoms with Crippen molar-refractivity contribution in [3.63, 3.8) is 0 Å². The first-order chi connectivity index (χ1) is 6.99. The average Bonchev–Trinajstić information content (AvgIpc) is 2.65. The zero-order valence-corrected chi connectivity index (χ0v) is 10.9. The normalized spacial score (nSPS) is 18.2. The molecule has 2 rings (SSSR count). The Morgan fingerprint density at radius 2 is 2.20 bits per heavy atom. The molecule has 0 aromatic carbocycles. The molecule has 1 aromatic rings. The molecule has 0 bridgehead atoms. The quantitative estimate of drug-likeness (QED) is 0.850. The third kappa shape index (κ3) is 2.17. The topological polar surface area (TPSA) is 24.9 Å². The first-order valence-electron chi connectivity index (χ1n) is 5.73. The molecule has 1 heterocycles. The Balaban J connectivity index is 2.11. The predicted octanol–water partition coefficient (Wildman–Crippen LogP) is 3.43. The molecule has 0 amide bonds. The Morgan fingerprint density at radius 1 is 1.47 bits per heavy atom. The third-order valence-electron chi connectivity index (χ3n) is 2.98. The van der Waals surface area contributed by atoms with Crippen LogP contribution in [0.25, 0.3) is 0 Å². The van der Waals surface area contributed by atoms with Crippen molar-refractivity contribution in [1.82, 2.24) is 4.98 Å². The molecule has 1 aromatic heterocycles. The fourth-order valence-corrected chi connectivity index (χ4v) is 3.11. The van der Waals surface area contributed by atoms with E-state index in [4.69, 9.17) is 4.98 Å². The van der Waals surface area contributed by atoms with E-state index >= 15 is 0 Å². The number of nitrogens with one attached hydrogen (secondary N) is 1. The summed E-state index contributed by atoms with van der Waals surface area (Å²) < 4.78 is 0. The summed E-state index contributed by atoms with van der Waals surface area (Å²) in [4.78, 5) is 6.21. The first-order valence-corrected chi connectivity index (χ1v) is 6.55. The molecule has 1 aliphatic rings. The van der Waals surface area contributed by atoms with Gasteiger partial charge in [0.1, 0.15) is 0 Å². The fourth-order valence-electron chi connectivity index (χ4n) is 1.96. The molecule has 2 nitrogen and oxygen atoms in total. The second kappa shape index (κ2) is 3.78. The molecule has 1 N–H and O–H groups in total. The summed E-state index contributed by atoms with van der Waals surface area (Å²) in [5.74, 6) is 0.678. The number of anilines is 1.